The second-order valence-corrected chi connectivity index (χ2v) is 5.92. The van der Waals surface area contributed by atoms with Crippen molar-refractivity contribution in [2.45, 2.75) is 45.8 Å². The van der Waals surface area contributed by atoms with E-state index in [1.165, 1.54) is 5.56 Å². The number of carbonyl (C=O) groups excluding carboxylic acids is 1. The molecule has 0 aromatic heterocycles. The van der Waals surface area contributed by atoms with Crippen molar-refractivity contribution in [2.75, 3.05) is 13.7 Å². The Morgan fingerprint density at radius 2 is 1.85 bits per heavy atom. The number of benzene rings is 1. The molecule has 0 heterocycles. The van der Waals surface area contributed by atoms with Gasteiger partial charge in [-0.15, -0.1) is 0 Å². The molecule has 4 heteroatoms. The number of methoxy groups -OCH3 is 1. The van der Waals surface area contributed by atoms with Gasteiger partial charge in [-0.2, -0.15) is 0 Å². The van der Waals surface area contributed by atoms with Crippen LogP contribution in [0.4, 0.5) is 0 Å². The summed E-state index contributed by atoms with van der Waals surface area (Å²) in [6, 6.07) is 8.15. The van der Waals surface area contributed by atoms with E-state index in [2.05, 4.69) is 12.2 Å². The Hall–Kier alpha value is -1.55. The first kappa shape index (κ1) is 16.5. The van der Waals surface area contributed by atoms with E-state index in [1.54, 1.807) is 7.11 Å². The molecule has 1 rings (SSSR count). The maximum Gasteiger partial charge on any atom is 0.320 e. The van der Waals surface area contributed by atoms with Crippen molar-refractivity contribution in [1.29, 1.82) is 0 Å². The summed E-state index contributed by atoms with van der Waals surface area (Å²) in [4.78, 5) is 11.6. The Balaban J connectivity index is 2.36. The largest absolute Gasteiger partial charge is 0.497 e. The lowest BCUT2D eigenvalue weighted by molar-refractivity contribution is -0.153. The maximum absolute atomic E-state index is 11.6. The van der Waals surface area contributed by atoms with Gasteiger partial charge in [-0.25, -0.2) is 0 Å². The van der Waals surface area contributed by atoms with E-state index in [-0.39, 0.29) is 18.6 Å². The van der Waals surface area contributed by atoms with Crippen LogP contribution in [-0.4, -0.2) is 31.3 Å². The van der Waals surface area contributed by atoms with Crippen LogP contribution in [0.15, 0.2) is 24.3 Å². The summed E-state index contributed by atoms with van der Waals surface area (Å²) >= 11 is 0. The summed E-state index contributed by atoms with van der Waals surface area (Å²) in [6.45, 7) is 7.88. The molecular formula is C16H25NO3. The molecule has 0 radical (unpaired) electrons. The van der Waals surface area contributed by atoms with Crippen molar-refractivity contribution in [3.8, 4) is 5.75 Å². The van der Waals surface area contributed by atoms with E-state index in [1.807, 2.05) is 45.0 Å². The second-order valence-electron chi connectivity index (χ2n) is 5.92. The first-order valence-corrected chi connectivity index (χ1v) is 6.88. The molecule has 112 valence electrons. The van der Waals surface area contributed by atoms with E-state index in [0.717, 1.165) is 12.2 Å². The molecule has 20 heavy (non-hydrogen) atoms. The van der Waals surface area contributed by atoms with Gasteiger partial charge in [-0.1, -0.05) is 12.1 Å². The molecular weight excluding hydrogens is 254 g/mol. The van der Waals surface area contributed by atoms with Crippen LogP contribution in [0.1, 0.15) is 33.3 Å². The summed E-state index contributed by atoms with van der Waals surface area (Å²) in [5.41, 5.74) is 0.771. The van der Waals surface area contributed by atoms with Crippen molar-refractivity contribution >= 4 is 5.97 Å². The third-order valence-electron chi connectivity index (χ3n) is 2.72. The molecule has 0 saturated carbocycles. The molecule has 1 N–H and O–H groups in total. The summed E-state index contributed by atoms with van der Waals surface area (Å²) in [5, 5.41) is 3.18. The SMILES string of the molecule is COc1ccc(CC(C)NCC(=O)OC(C)(C)C)cc1. The molecule has 1 aromatic carbocycles. The van der Waals surface area contributed by atoms with Gasteiger partial charge in [0.15, 0.2) is 0 Å². The number of hydrogen-bond donors (Lipinski definition) is 1. The van der Waals surface area contributed by atoms with Gasteiger partial charge in [-0.3, -0.25) is 4.79 Å². The molecule has 1 aromatic rings. The molecule has 0 amide bonds. The summed E-state index contributed by atoms with van der Waals surface area (Å²) in [6.07, 6.45) is 0.854. The molecule has 0 spiro atoms. The van der Waals surface area contributed by atoms with Crippen LogP contribution in [0, 0.1) is 0 Å². The molecule has 1 unspecified atom stereocenters. The van der Waals surface area contributed by atoms with Gasteiger partial charge in [0, 0.05) is 6.04 Å². The van der Waals surface area contributed by atoms with E-state index < -0.39 is 5.60 Å². The molecule has 0 aliphatic rings. The summed E-state index contributed by atoms with van der Waals surface area (Å²) in [5.74, 6) is 0.627. The monoisotopic (exact) mass is 279 g/mol. The number of hydrogen-bond acceptors (Lipinski definition) is 4. The van der Waals surface area contributed by atoms with Crippen molar-refractivity contribution in [2.24, 2.45) is 0 Å². The molecule has 4 nitrogen and oxygen atoms in total. The fraction of sp³-hybridized carbons (Fsp3) is 0.562. The van der Waals surface area contributed by atoms with Crippen LogP contribution in [-0.2, 0) is 16.0 Å². The second kappa shape index (κ2) is 7.29. The van der Waals surface area contributed by atoms with E-state index >= 15 is 0 Å². The standard InChI is InChI=1S/C16H25NO3/c1-12(17-11-15(18)20-16(2,3)4)10-13-6-8-14(19-5)9-7-13/h6-9,12,17H,10-11H2,1-5H3. The van der Waals surface area contributed by atoms with E-state index in [9.17, 15) is 4.79 Å². The molecule has 0 fully saturated rings. The predicted octanol–water partition coefficient (Wildman–Crippen LogP) is 2.56. The zero-order chi connectivity index (χ0) is 15.2. The van der Waals surface area contributed by atoms with Gasteiger partial charge in [0.1, 0.15) is 11.4 Å². The third kappa shape index (κ3) is 6.57. The number of esters is 1. The number of rotatable bonds is 6. The van der Waals surface area contributed by atoms with Crippen LogP contribution >= 0.6 is 0 Å². The van der Waals surface area contributed by atoms with Crippen molar-refractivity contribution in [3.05, 3.63) is 29.8 Å². The van der Waals surface area contributed by atoms with Crippen LogP contribution in [0.2, 0.25) is 0 Å². The lowest BCUT2D eigenvalue weighted by atomic mass is 10.1. The van der Waals surface area contributed by atoms with Crippen molar-refractivity contribution in [3.63, 3.8) is 0 Å². The fourth-order valence-electron chi connectivity index (χ4n) is 1.82. The lowest BCUT2D eigenvalue weighted by Gasteiger charge is -2.20. The number of carbonyl (C=O) groups is 1. The molecule has 0 aliphatic carbocycles. The van der Waals surface area contributed by atoms with Crippen LogP contribution in [0.25, 0.3) is 0 Å². The highest BCUT2D eigenvalue weighted by Crippen LogP contribution is 2.12. The Morgan fingerprint density at radius 3 is 2.35 bits per heavy atom. The van der Waals surface area contributed by atoms with Gasteiger partial charge < -0.3 is 14.8 Å². The Morgan fingerprint density at radius 1 is 1.25 bits per heavy atom. The molecule has 1 atom stereocenters. The van der Waals surface area contributed by atoms with Crippen LogP contribution in [0.3, 0.4) is 0 Å². The van der Waals surface area contributed by atoms with Gasteiger partial charge in [0.05, 0.1) is 13.7 Å². The lowest BCUT2D eigenvalue weighted by Crippen LogP contribution is -2.36. The number of ether oxygens (including phenoxy) is 2. The van der Waals surface area contributed by atoms with Crippen LogP contribution in [0.5, 0.6) is 5.75 Å². The third-order valence-corrected chi connectivity index (χ3v) is 2.72. The predicted molar refractivity (Wildman–Crippen MR) is 80.0 cm³/mol. The zero-order valence-corrected chi connectivity index (χ0v) is 13.0. The average Bonchev–Trinajstić information content (AvgIpc) is 2.35. The average molecular weight is 279 g/mol. The first-order chi connectivity index (χ1) is 9.30. The minimum Gasteiger partial charge on any atom is -0.497 e. The van der Waals surface area contributed by atoms with Crippen LogP contribution < -0.4 is 10.1 Å². The van der Waals surface area contributed by atoms with Gasteiger partial charge in [0.2, 0.25) is 0 Å². The highest BCUT2D eigenvalue weighted by Gasteiger charge is 2.16. The Kier molecular flexibility index (Phi) is 6.02. The normalized spacial score (nSPS) is 12.8. The highest BCUT2D eigenvalue weighted by molar-refractivity contribution is 5.72. The molecule has 0 aliphatic heterocycles. The van der Waals surface area contributed by atoms with E-state index in [4.69, 9.17) is 9.47 Å². The first-order valence-electron chi connectivity index (χ1n) is 6.88. The van der Waals surface area contributed by atoms with Crippen molar-refractivity contribution in [1.82, 2.24) is 5.32 Å². The van der Waals surface area contributed by atoms with Gasteiger partial charge in [-0.05, 0) is 51.8 Å². The Bertz CT molecular complexity index is 420. The summed E-state index contributed by atoms with van der Waals surface area (Å²) < 4.78 is 10.4. The summed E-state index contributed by atoms with van der Waals surface area (Å²) in [7, 11) is 1.65. The maximum atomic E-state index is 11.6. The fourth-order valence-corrected chi connectivity index (χ4v) is 1.82. The minimum absolute atomic E-state index is 0.205. The molecule has 0 bridgehead atoms. The van der Waals surface area contributed by atoms with Gasteiger partial charge in [0.25, 0.3) is 0 Å². The van der Waals surface area contributed by atoms with Crippen molar-refractivity contribution < 1.29 is 14.3 Å². The highest BCUT2D eigenvalue weighted by atomic mass is 16.6. The van der Waals surface area contributed by atoms with Gasteiger partial charge >= 0.3 is 5.97 Å². The minimum atomic E-state index is -0.433. The quantitative estimate of drug-likeness (QED) is 0.813. The topological polar surface area (TPSA) is 47.6 Å². The Labute approximate surface area is 121 Å². The number of nitrogens with one attached hydrogen (secondary N) is 1. The van der Waals surface area contributed by atoms with E-state index in [0.29, 0.717) is 0 Å². The smallest absolute Gasteiger partial charge is 0.320 e. The molecule has 0 saturated heterocycles. The zero-order valence-electron chi connectivity index (χ0n) is 13.0.